The van der Waals surface area contributed by atoms with E-state index in [1.807, 2.05) is 36.5 Å². The van der Waals surface area contributed by atoms with Gasteiger partial charge in [0.25, 0.3) is 0 Å². The lowest BCUT2D eigenvalue weighted by atomic mass is 10.2. The lowest BCUT2D eigenvalue weighted by molar-refractivity contribution is 0.408. The molecule has 0 saturated heterocycles. The minimum Gasteiger partial charge on any atom is -0.496 e. The molecule has 0 N–H and O–H groups in total. The first-order valence-electron chi connectivity index (χ1n) is 7.25. The maximum atomic E-state index is 5.45. The van der Waals surface area contributed by atoms with Crippen molar-refractivity contribution in [1.82, 2.24) is 14.5 Å². The molecule has 0 radical (unpaired) electrons. The third kappa shape index (κ3) is 2.61. The number of aromatic nitrogens is 3. The van der Waals surface area contributed by atoms with Gasteiger partial charge in [-0.25, -0.2) is 9.97 Å². The van der Waals surface area contributed by atoms with E-state index in [9.17, 15) is 0 Å². The smallest absolute Gasteiger partial charge is 0.160 e. The standard InChI is InChI=1S/C17H19N3O/c1-3-7-16-19-14-9-6-11-18-17(14)20(16)12-13-8-4-5-10-15(13)21-2/h4-6,8-11H,3,7,12H2,1-2H3. The molecule has 0 aliphatic rings. The largest absolute Gasteiger partial charge is 0.496 e. The van der Waals surface area contributed by atoms with E-state index >= 15 is 0 Å². The highest BCUT2D eigenvalue weighted by Gasteiger charge is 2.12. The molecule has 3 aromatic rings. The summed E-state index contributed by atoms with van der Waals surface area (Å²) in [4.78, 5) is 9.21. The molecule has 0 atom stereocenters. The molecular formula is C17H19N3O. The highest BCUT2D eigenvalue weighted by molar-refractivity contribution is 5.71. The molecule has 0 amide bonds. The Kier molecular flexibility index (Phi) is 3.86. The van der Waals surface area contributed by atoms with Crippen molar-refractivity contribution in [2.24, 2.45) is 0 Å². The van der Waals surface area contributed by atoms with Gasteiger partial charge in [0.05, 0.1) is 13.7 Å². The van der Waals surface area contributed by atoms with Crippen molar-refractivity contribution in [3.8, 4) is 5.75 Å². The maximum absolute atomic E-state index is 5.45. The summed E-state index contributed by atoms with van der Waals surface area (Å²) in [5, 5.41) is 0. The van der Waals surface area contributed by atoms with Crippen molar-refractivity contribution in [2.45, 2.75) is 26.3 Å². The molecule has 4 nitrogen and oxygen atoms in total. The van der Waals surface area contributed by atoms with Crippen molar-refractivity contribution in [1.29, 1.82) is 0 Å². The van der Waals surface area contributed by atoms with E-state index in [0.29, 0.717) is 0 Å². The lowest BCUT2D eigenvalue weighted by Crippen LogP contribution is -2.07. The van der Waals surface area contributed by atoms with Gasteiger partial charge in [-0.05, 0) is 24.6 Å². The van der Waals surface area contributed by atoms with Crippen molar-refractivity contribution >= 4 is 11.2 Å². The first-order valence-corrected chi connectivity index (χ1v) is 7.25. The predicted molar refractivity (Wildman–Crippen MR) is 83.6 cm³/mol. The normalized spacial score (nSPS) is 11.0. The molecular weight excluding hydrogens is 262 g/mol. The van der Waals surface area contributed by atoms with E-state index in [-0.39, 0.29) is 0 Å². The molecule has 1 aromatic carbocycles. The van der Waals surface area contributed by atoms with E-state index in [1.165, 1.54) is 0 Å². The van der Waals surface area contributed by atoms with Crippen molar-refractivity contribution in [3.05, 3.63) is 54.0 Å². The van der Waals surface area contributed by atoms with Gasteiger partial charge in [-0.2, -0.15) is 0 Å². The monoisotopic (exact) mass is 281 g/mol. The molecule has 0 saturated carbocycles. The number of hydrogen-bond acceptors (Lipinski definition) is 3. The summed E-state index contributed by atoms with van der Waals surface area (Å²) in [6.07, 6.45) is 3.83. The summed E-state index contributed by atoms with van der Waals surface area (Å²) < 4.78 is 7.64. The molecule has 3 rings (SSSR count). The molecule has 21 heavy (non-hydrogen) atoms. The van der Waals surface area contributed by atoms with Gasteiger partial charge in [-0.15, -0.1) is 0 Å². The van der Waals surface area contributed by atoms with E-state index in [1.54, 1.807) is 7.11 Å². The Balaban J connectivity index is 2.08. The Bertz CT molecular complexity index is 749. The SMILES string of the molecule is CCCc1nc2cccnc2n1Cc1ccccc1OC. The van der Waals surface area contributed by atoms with Crippen LogP contribution in [0.2, 0.25) is 0 Å². The fourth-order valence-electron chi connectivity index (χ4n) is 2.59. The van der Waals surface area contributed by atoms with Crippen LogP contribution in [-0.4, -0.2) is 21.6 Å². The molecule has 0 aliphatic carbocycles. The van der Waals surface area contributed by atoms with Crippen LogP contribution in [0.1, 0.15) is 24.7 Å². The van der Waals surface area contributed by atoms with Crippen LogP contribution in [-0.2, 0) is 13.0 Å². The zero-order valence-electron chi connectivity index (χ0n) is 12.4. The van der Waals surface area contributed by atoms with Crippen LogP contribution in [0, 0.1) is 0 Å². The Morgan fingerprint density at radius 3 is 2.81 bits per heavy atom. The second-order valence-corrected chi connectivity index (χ2v) is 5.02. The van der Waals surface area contributed by atoms with Crippen LogP contribution in [0.15, 0.2) is 42.6 Å². The second kappa shape index (κ2) is 5.95. The number of pyridine rings is 1. The average molecular weight is 281 g/mol. The van der Waals surface area contributed by atoms with Crippen molar-refractivity contribution in [3.63, 3.8) is 0 Å². The van der Waals surface area contributed by atoms with Gasteiger partial charge in [0, 0.05) is 18.2 Å². The van der Waals surface area contributed by atoms with Crippen molar-refractivity contribution < 1.29 is 4.74 Å². The number of fused-ring (bicyclic) bond motifs is 1. The van der Waals surface area contributed by atoms with Crippen molar-refractivity contribution in [2.75, 3.05) is 7.11 Å². The van der Waals surface area contributed by atoms with Gasteiger partial charge < -0.3 is 9.30 Å². The summed E-state index contributed by atoms with van der Waals surface area (Å²) >= 11 is 0. The highest BCUT2D eigenvalue weighted by atomic mass is 16.5. The van der Waals surface area contributed by atoms with Gasteiger partial charge in [-0.1, -0.05) is 25.1 Å². The average Bonchev–Trinajstić information content (AvgIpc) is 2.86. The van der Waals surface area contributed by atoms with Gasteiger partial charge >= 0.3 is 0 Å². The Labute approximate surface area is 124 Å². The van der Waals surface area contributed by atoms with E-state index in [4.69, 9.17) is 9.72 Å². The number of imidazole rings is 1. The van der Waals surface area contributed by atoms with Crippen LogP contribution in [0.25, 0.3) is 11.2 Å². The fourth-order valence-corrected chi connectivity index (χ4v) is 2.59. The summed E-state index contributed by atoms with van der Waals surface area (Å²) in [7, 11) is 1.70. The first-order chi connectivity index (χ1) is 10.3. The molecule has 108 valence electrons. The number of aryl methyl sites for hydroxylation is 1. The van der Waals surface area contributed by atoms with Crippen LogP contribution >= 0.6 is 0 Å². The first kappa shape index (κ1) is 13.6. The summed E-state index contributed by atoms with van der Waals surface area (Å²) in [5.41, 5.74) is 3.03. The number of nitrogens with zero attached hydrogens (tertiary/aromatic N) is 3. The molecule has 0 aliphatic heterocycles. The minimum atomic E-state index is 0.729. The summed E-state index contributed by atoms with van der Waals surface area (Å²) in [6, 6.07) is 12.0. The number of para-hydroxylation sites is 1. The lowest BCUT2D eigenvalue weighted by Gasteiger charge is -2.11. The second-order valence-electron chi connectivity index (χ2n) is 5.02. The van der Waals surface area contributed by atoms with Gasteiger partial charge in [0.1, 0.15) is 17.1 Å². The van der Waals surface area contributed by atoms with Gasteiger partial charge in [0.2, 0.25) is 0 Å². The molecule has 2 heterocycles. The minimum absolute atomic E-state index is 0.729. The molecule has 0 spiro atoms. The topological polar surface area (TPSA) is 39.9 Å². The summed E-state index contributed by atoms with van der Waals surface area (Å²) in [5.74, 6) is 1.98. The molecule has 2 aromatic heterocycles. The van der Waals surface area contributed by atoms with Crippen LogP contribution in [0.5, 0.6) is 5.75 Å². The predicted octanol–water partition coefficient (Wildman–Crippen LogP) is 3.44. The third-order valence-corrected chi connectivity index (χ3v) is 3.58. The number of ether oxygens (including phenoxy) is 1. The van der Waals surface area contributed by atoms with Crippen LogP contribution < -0.4 is 4.74 Å². The van der Waals surface area contributed by atoms with Crippen LogP contribution in [0.3, 0.4) is 0 Å². The Hall–Kier alpha value is -2.36. The fraction of sp³-hybridized carbons (Fsp3) is 0.294. The zero-order chi connectivity index (χ0) is 14.7. The molecule has 0 fully saturated rings. The Morgan fingerprint density at radius 2 is 2.00 bits per heavy atom. The van der Waals surface area contributed by atoms with E-state index in [0.717, 1.165) is 47.7 Å². The maximum Gasteiger partial charge on any atom is 0.160 e. The van der Waals surface area contributed by atoms with E-state index < -0.39 is 0 Å². The third-order valence-electron chi connectivity index (χ3n) is 3.58. The molecule has 4 heteroatoms. The quantitative estimate of drug-likeness (QED) is 0.719. The van der Waals surface area contributed by atoms with Crippen LogP contribution in [0.4, 0.5) is 0 Å². The highest BCUT2D eigenvalue weighted by Crippen LogP contribution is 2.22. The van der Waals surface area contributed by atoms with E-state index in [2.05, 4.69) is 22.5 Å². The Morgan fingerprint density at radius 1 is 1.14 bits per heavy atom. The number of benzene rings is 1. The molecule has 0 bridgehead atoms. The summed E-state index contributed by atoms with van der Waals surface area (Å²) in [6.45, 7) is 2.90. The van der Waals surface area contributed by atoms with Gasteiger partial charge in [0.15, 0.2) is 5.65 Å². The number of hydrogen-bond donors (Lipinski definition) is 0. The number of methoxy groups -OCH3 is 1. The number of rotatable bonds is 5. The van der Waals surface area contributed by atoms with Gasteiger partial charge in [-0.3, -0.25) is 0 Å². The molecule has 0 unspecified atom stereocenters. The zero-order valence-corrected chi connectivity index (χ0v) is 12.4.